The number of hydrogen-bond acceptors (Lipinski definition) is 3. The second kappa shape index (κ2) is 7.79. The molecule has 0 radical (unpaired) electrons. The van der Waals surface area contributed by atoms with Crippen molar-refractivity contribution in [2.45, 2.75) is 138 Å². The Balaban J connectivity index is 1.57. The molecule has 0 aromatic carbocycles. The first-order valence-electron chi connectivity index (χ1n) is 13.9. The summed E-state index contributed by atoms with van der Waals surface area (Å²) in [6.45, 7) is 18.4. The number of carbonyl (C=O) groups excluding carboxylic acids is 1. The lowest BCUT2D eigenvalue weighted by atomic mass is 9.33. The van der Waals surface area contributed by atoms with Crippen molar-refractivity contribution in [2.75, 3.05) is 0 Å². The Kier molecular flexibility index (Phi) is 6.06. The van der Waals surface area contributed by atoms with Crippen molar-refractivity contribution < 1.29 is 15.0 Å². The summed E-state index contributed by atoms with van der Waals surface area (Å²) in [5, 5.41) is 20.7. The van der Waals surface area contributed by atoms with Crippen LogP contribution >= 0.6 is 0 Å². The molecule has 0 aliphatic heterocycles. The third kappa shape index (κ3) is 3.78. The Hall–Kier alpha value is -0.410. The van der Waals surface area contributed by atoms with Crippen molar-refractivity contribution in [3.8, 4) is 0 Å². The van der Waals surface area contributed by atoms with Gasteiger partial charge in [-0.1, -0.05) is 41.5 Å². The van der Waals surface area contributed by atoms with Gasteiger partial charge in [0.25, 0.3) is 0 Å². The van der Waals surface area contributed by atoms with Crippen molar-refractivity contribution in [1.29, 1.82) is 0 Å². The molecule has 0 bridgehead atoms. The maximum Gasteiger partial charge on any atom is 0.136 e. The molecule has 4 aliphatic rings. The molecule has 0 saturated heterocycles. The van der Waals surface area contributed by atoms with Crippen LogP contribution in [0.5, 0.6) is 0 Å². The number of aliphatic hydroxyl groups is 2. The molecule has 3 heteroatoms. The Morgan fingerprint density at radius 2 is 1.61 bits per heavy atom. The van der Waals surface area contributed by atoms with Gasteiger partial charge >= 0.3 is 0 Å². The summed E-state index contributed by atoms with van der Waals surface area (Å²) in [6.07, 6.45) is 11.7. The van der Waals surface area contributed by atoms with Gasteiger partial charge in [-0.2, -0.15) is 0 Å². The molecule has 0 aromatic rings. The molecule has 4 aliphatic carbocycles. The normalized spacial score (nSPS) is 51.3. The molecule has 0 aromatic heterocycles. The average Bonchev–Trinajstić information content (AvgIpc) is 2.71. The van der Waals surface area contributed by atoms with E-state index in [1.807, 2.05) is 0 Å². The molecule has 9 atom stereocenters. The lowest BCUT2D eigenvalue weighted by Crippen LogP contribution is -2.64. The summed E-state index contributed by atoms with van der Waals surface area (Å²) in [5.41, 5.74) is 0.419. The second-order valence-electron chi connectivity index (χ2n) is 15.1. The van der Waals surface area contributed by atoms with Crippen molar-refractivity contribution in [1.82, 2.24) is 0 Å². The predicted octanol–water partition coefficient (Wildman–Crippen LogP) is 6.93. The highest BCUT2D eigenvalue weighted by molar-refractivity contribution is 5.82. The fourth-order valence-electron chi connectivity index (χ4n) is 10.1. The third-order valence-corrected chi connectivity index (χ3v) is 12.8. The molecule has 0 heterocycles. The topological polar surface area (TPSA) is 57.5 Å². The van der Waals surface area contributed by atoms with E-state index in [9.17, 15) is 15.0 Å². The molecule has 3 nitrogen and oxygen atoms in total. The Bertz CT molecular complexity index is 784. The van der Waals surface area contributed by atoms with Crippen LogP contribution < -0.4 is 0 Å². The summed E-state index contributed by atoms with van der Waals surface area (Å²) >= 11 is 0. The van der Waals surface area contributed by atoms with E-state index in [2.05, 4.69) is 41.5 Å². The van der Waals surface area contributed by atoms with Gasteiger partial charge in [-0.25, -0.2) is 0 Å². The fraction of sp³-hybridized carbons (Fsp3) is 0.967. The Morgan fingerprint density at radius 1 is 0.939 bits per heavy atom. The van der Waals surface area contributed by atoms with Crippen LogP contribution in [-0.4, -0.2) is 27.7 Å². The lowest BCUT2D eigenvalue weighted by Gasteiger charge is -2.72. The first-order valence-corrected chi connectivity index (χ1v) is 13.9. The first-order chi connectivity index (χ1) is 15.0. The Morgan fingerprint density at radius 3 is 2.24 bits per heavy atom. The molecule has 0 unspecified atom stereocenters. The van der Waals surface area contributed by atoms with E-state index >= 15 is 0 Å². The molecular formula is C30H52O3. The number of fused-ring (bicyclic) bond motifs is 5. The van der Waals surface area contributed by atoms with Crippen molar-refractivity contribution >= 4 is 5.78 Å². The van der Waals surface area contributed by atoms with E-state index in [0.717, 1.165) is 25.2 Å². The van der Waals surface area contributed by atoms with Gasteiger partial charge in [0.15, 0.2) is 0 Å². The number of rotatable bonds is 4. The van der Waals surface area contributed by atoms with E-state index in [-0.39, 0.29) is 16.7 Å². The van der Waals surface area contributed by atoms with Crippen LogP contribution in [0.3, 0.4) is 0 Å². The summed E-state index contributed by atoms with van der Waals surface area (Å²) in [6, 6.07) is 0. The third-order valence-electron chi connectivity index (χ3n) is 12.8. The van der Waals surface area contributed by atoms with Gasteiger partial charge in [0.1, 0.15) is 5.78 Å². The quantitative estimate of drug-likeness (QED) is 0.478. The van der Waals surface area contributed by atoms with Crippen LogP contribution in [0, 0.1) is 44.8 Å². The van der Waals surface area contributed by atoms with E-state index in [4.69, 9.17) is 0 Å². The summed E-state index contributed by atoms with van der Waals surface area (Å²) < 4.78 is 0. The van der Waals surface area contributed by atoms with Gasteiger partial charge in [0, 0.05) is 12.3 Å². The maximum absolute atomic E-state index is 12.7. The van der Waals surface area contributed by atoms with Crippen LogP contribution in [0.15, 0.2) is 0 Å². The predicted molar refractivity (Wildman–Crippen MR) is 135 cm³/mol. The van der Waals surface area contributed by atoms with Crippen LogP contribution in [0.4, 0.5) is 0 Å². The number of carbonyl (C=O) groups is 1. The van der Waals surface area contributed by atoms with Gasteiger partial charge < -0.3 is 10.2 Å². The van der Waals surface area contributed by atoms with Crippen LogP contribution in [0.1, 0.15) is 126 Å². The molecule has 0 amide bonds. The Labute approximate surface area is 203 Å². The molecule has 4 saturated carbocycles. The molecular weight excluding hydrogens is 408 g/mol. The highest BCUT2D eigenvalue weighted by Crippen LogP contribution is 2.75. The highest BCUT2D eigenvalue weighted by atomic mass is 16.3. The van der Waals surface area contributed by atoms with E-state index in [1.54, 1.807) is 13.8 Å². The molecule has 4 fully saturated rings. The highest BCUT2D eigenvalue weighted by Gasteiger charge is 2.67. The van der Waals surface area contributed by atoms with E-state index < -0.39 is 11.7 Å². The van der Waals surface area contributed by atoms with E-state index in [0.29, 0.717) is 34.4 Å². The summed E-state index contributed by atoms with van der Waals surface area (Å²) in [7, 11) is 0. The molecule has 190 valence electrons. The van der Waals surface area contributed by atoms with Gasteiger partial charge in [0.05, 0.1) is 11.7 Å². The number of aliphatic hydroxyl groups excluding tert-OH is 1. The smallest absolute Gasteiger partial charge is 0.136 e. The average molecular weight is 461 g/mol. The van der Waals surface area contributed by atoms with Crippen molar-refractivity contribution in [2.24, 2.45) is 44.8 Å². The molecule has 33 heavy (non-hydrogen) atoms. The lowest BCUT2D eigenvalue weighted by molar-refractivity contribution is -0.226. The first kappa shape index (κ1) is 25.7. The molecule has 0 spiro atoms. The van der Waals surface area contributed by atoms with Gasteiger partial charge in [-0.3, -0.25) is 4.79 Å². The summed E-state index contributed by atoms with van der Waals surface area (Å²) in [5.74, 6) is 2.14. The van der Waals surface area contributed by atoms with Crippen LogP contribution in [0.25, 0.3) is 0 Å². The monoisotopic (exact) mass is 460 g/mol. The van der Waals surface area contributed by atoms with Gasteiger partial charge in [0.2, 0.25) is 0 Å². The molecule has 2 N–H and O–H groups in total. The van der Waals surface area contributed by atoms with Crippen LogP contribution in [0.2, 0.25) is 0 Å². The minimum Gasteiger partial charge on any atom is -0.390 e. The maximum atomic E-state index is 12.7. The molecule has 4 rings (SSSR count). The largest absolute Gasteiger partial charge is 0.390 e. The zero-order valence-electron chi connectivity index (χ0n) is 22.9. The minimum atomic E-state index is -1.02. The van der Waals surface area contributed by atoms with Crippen molar-refractivity contribution in [3.63, 3.8) is 0 Å². The van der Waals surface area contributed by atoms with Crippen molar-refractivity contribution in [3.05, 3.63) is 0 Å². The SMILES string of the molecule is C[C@H]1C(=O)CC[C@@H]2[C@]1(C)CC[C@H]1[C@@]2(C)CC[C@@]2(C)C[C@](C)(CC[C@H](O)C(C)(C)O)CC[C@]12C. The van der Waals surface area contributed by atoms with Crippen LogP contribution in [-0.2, 0) is 4.79 Å². The zero-order chi connectivity index (χ0) is 24.7. The van der Waals surface area contributed by atoms with E-state index in [1.165, 1.54) is 44.9 Å². The fourth-order valence-corrected chi connectivity index (χ4v) is 10.1. The number of Topliss-reactive ketones (excluding diaryl/α,β-unsaturated/α-hetero) is 1. The summed E-state index contributed by atoms with van der Waals surface area (Å²) in [4.78, 5) is 12.7. The van der Waals surface area contributed by atoms with Gasteiger partial charge in [-0.05, 0) is 117 Å². The zero-order valence-corrected chi connectivity index (χ0v) is 22.9. The van der Waals surface area contributed by atoms with Gasteiger partial charge in [-0.15, -0.1) is 0 Å². The number of ketones is 1. The standard InChI is InChI=1S/C30H52O3/c1-20-21(31)9-10-22-28(20,6)14-11-23-29(22,7)17-16-27(5)19-26(4,15-18-30(23,27)8)13-12-24(32)25(2,3)33/h20,22-24,32-33H,9-19H2,1-8H3/t20-,22+,23-,24-,26+,27-,28+,29-,30+/m0/s1. The minimum absolute atomic E-state index is 0.182. The number of hydrogen-bond donors (Lipinski definition) is 2. The second-order valence-corrected chi connectivity index (χ2v) is 15.1.